The number of alkyl halides is 2. The predicted octanol–water partition coefficient (Wildman–Crippen LogP) is 4.71. The van der Waals surface area contributed by atoms with E-state index in [4.69, 9.17) is 9.47 Å². The topological polar surface area (TPSA) is 56.8 Å². The average molecular weight is 454 g/mol. The van der Waals surface area contributed by atoms with E-state index in [-0.39, 0.29) is 23.4 Å². The minimum absolute atomic E-state index is 0.0662. The number of carbonyl (C=O) groups excluding carboxylic acids is 1. The van der Waals surface area contributed by atoms with Gasteiger partial charge >= 0.3 is 6.61 Å². The van der Waals surface area contributed by atoms with Gasteiger partial charge in [0.1, 0.15) is 5.75 Å². The van der Waals surface area contributed by atoms with E-state index in [0.717, 1.165) is 15.8 Å². The normalized spacial score (nSPS) is 15.8. The molecule has 0 aromatic heterocycles. The highest BCUT2D eigenvalue weighted by molar-refractivity contribution is 9.10. The van der Waals surface area contributed by atoms with Gasteiger partial charge in [-0.25, -0.2) is 0 Å². The van der Waals surface area contributed by atoms with Gasteiger partial charge < -0.3 is 19.5 Å². The fourth-order valence-electron chi connectivity index (χ4n) is 2.89. The van der Waals surface area contributed by atoms with Crippen LogP contribution in [0, 0.1) is 0 Å². The van der Waals surface area contributed by atoms with Crippen molar-refractivity contribution < 1.29 is 27.8 Å². The molecule has 2 aromatic carbocycles. The molecule has 28 heavy (non-hydrogen) atoms. The molecule has 0 saturated heterocycles. The molecule has 1 N–H and O–H groups in total. The van der Waals surface area contributed by atoms with E-state index >= 15 is 0 Å². The zero-order valence-corrected chi connectivity index (χ0v) is 16.5. The average Bonchev–Trinajstić information content (AvgIpc) is 2.67. The monoisotopic (exact) mass is 453 g/mol. The molecule has 8 heteroatoms. The second kappa shape index (κ2) is 9.05. The van der Waals surface area contributed by atoms with E-state index in [9.17, 15) is 13.6 Å². The lowest BCUT2D eigenvalue weighted by Crippen LogP contribution is -2.31. The van der Waals surface area contributed by atoms with Gasteiger partial charge in [0, 0.05) is 22.5 Å². The van der Waals surface area contributed by atoms with Gasteiger partial charge in [0.05, 0.1) is 19.8 Å². The Hall–Kier alpha value is -2.61. The summed E-state index contributed by atoms with van der Waals surface area (Å²) in [5.41, 5.74) is 1.53. The summed E-state index contributed by atoms with van der Waals surface area (Å²) in [5, 5.41) is 2.96. The molecule has 0 aliphatic carbocycles. The number of carbonyl (C=O) groups is 1. The van der Waals surface area contributed by atoms with Crippen LogP contribution >= 0.6 is 15.9 Å². The second-order valence-corrected chi connectivity index (χ2v) is 6.92. The number of rotatable bonds is 6. The summed E-state index contributed by atoms with van der Waals surface area (Å²) < 4.78 is 40.7. The molecule has 0 fully saturated rings. The maximum Gasteiger partial charge on any atom is 0.387 e. The van der Waals surface area contributed by atoms with Crippen molar-refractivity contribution in [3.63, 3.8) is 0 Å². The van der Waals surface area contributed by atoms with Crippen molar-refractivity contribution in [1.82, 2.24) is 5.32 Å². The number of benzene rings is 2. The number of hydrogen-bond acceptors (Lipinski definition) is 4. The molecule has 1 aliphatic rings. The number of methoxy groups -OCH3 is 1. The molecule has 5 nitrogen and oxygen atoms in total. The number of ether oxygens (including phenoxy) is 3. The van der Waals surface area contributed by atoms with Crippen LogP contribution in [0.15, 0.2) is 46.9 Å². The lowest BCUT2D eigenvalue weighted by atomic mass is 10.0. The first-order valence-electron chi connectivity index (χ1n) is 8.50. The highest BCUT2D eigenvalue weighted by atomic mass is 79.9. The summed E-state index contributed by atoms with van der Waals surface area (Å²) in [5.74, 6) is 0.572. The fraction of sp³-hybridized carbons (Fsp3) is 0.250. The molecule has 148 valence electrons. The Labute approximate surface area is 169 Å². The first kappa shape index (κ1) is 20.1. The molecule has 0 spiro atoms. The highest BCUT2D eigenvalue weighted by Crippen LogP contribution is 2.34. The third kappa shape index (κ3) is 5.01. The summed E-state index contributed by atoms with van der Waals surface area (Å²) in [6.07, 6.45) is 3.62. The lowest BCUT2D eigenvalue weighted by Gasteiger charge is -2.26. The molecule has 3 rings (SSSR count). The smallest absolute Gasteiger partial charge is 0.387 e. The van der Waals surface area contributed by atoms with Crippen LogP contribution in [0.5, 0.6) is 17.2 Å². The van der Waals surface area contributed by atoms with Crippen molar-refractivity contribution in [1.29, 1.82) is 0 Å². The predicted molar refractivity (Wildman–Crippen MR) is 104 cm³/mol. The van der Waals surface area contributed by atoms with E-state index < -0.39 is 6.61 Å². The minimum atomic E-state index is -2.94. The molecular weight excluding hydrogens is 436 g/mol. The van der Waals surface area contributed by atoms with Crippen LogP contribution in [0.3, 0.4) is 0 Å². The van der Waals surface area contributed by atoms with E-state index in [1.165, 1.54) is 25.3 Å². The van der Waals surface area contributed by atoms with Crippen molar-refractivity contribution in [2.75, 3.05) is 13.7 Å². The summed E-state index contributed by atoms with van der Waals surface area (Å²) in [4.78, 5) is 12.3. The van der Waals surface area contributed by atoms with Gasteiger partial charge in [0.2, 0.25) is 5.91 Å². The van der Waals surface area contributed by atoms with Gasteiger partial charge in [-0.05, 0) is 42.0 Å². The van der Waals surface area contributed by atoms with Crippen molar-refractivity contribution in [3.05, 3.63) is 58.1 Å². The van der Waals surface area contributed by atoms with E-state index in [0.29, 0.717) is 18.6 Å². The zero-order chi connectivity index (χ0) is 20.1. The SMILES string of the molecule is COc1cc(/C=C/C(=O)NC2CCOc3ccc(Br)cc32)ccc1OC(F)F. The zero-order valence-electron chi connectivity index (χ0n) is 15.0. The molecule has 0 radical (unpaired) electrons. The summed E-state index contributed by atoms with van der Waals surface area (Å²) in [7, 11) is 1.36. The molecule has 2 aromatic rings. The third-order valence-corrected chi connectivity index (χ3v) is 4.65. The van der Waals surface area contributed by atoms with Gasteiger partial charge in [-0.1, -0.05) is 22.0 Å². The van der Waals surface area contributed by atoms with Gasteiger partial charge in [0.15, 0.2) is 11.5 Å². The first-order valence-corrected chi connectivity index (χ1v) is 9.29. The van der Waals surface area contributed by atoms with E-state index in [1.54, 1.807) is 12.1 Å². The molecule has 1 unspecified atom stereocenters. The van der Waals surface area contributed by atoms with Crippen molar-refractivity contribution in [2.24, 2.45) is 0 Å². The number of fused-ring (bicyclic) bond motifs is 1. The molecule has 1 heterocycles. The summed E-state index contributed by atoms with van der Waals surface area (Å²) >= 11 is 3.43. The van der Waals surface area contributed by atoms with Crippen LogP contribution < -0.4 is 19.5 Å². The van der Waals surface area contributed by atoms with Crippen LogP contribution in [-0.4, -0.2) is 26.2 Å². The summed E-state index contributed by atoms with van der Waals surface area (Å²) in [6.45, 7) is -2.42. The molecule has 1 amide bonds. The second-order valence-electron chi connectivity index (χ2n) is 6.00. The Morgan fingerprint density at radius 2 is 2.11 bits per heavy atom. The van der Waals surface area contributed by atoms with Crippen molar-refractivity contribution in [3.8, 4) is 17.2 Å². The van der Waals surface area contributed by atoms with E-state index in [1.807, 2.05) is 18.2 Å². The number of hydrogen-bond donors (Lipinski definition) is 1. The van der Waals surface area contributed by atoms with Crippen LogP contribution in [0.25, 0.3) is 6.08 Å². The molecule has 1 aliphatic heterocycles. The molecule has 0 bridgehead atoms. The fourth-order valence-corrected chi connectivity index (χ4v) is 3.27. The standard InChI is InChI=1S/C20H18BrF2NO4/c1-26-18-10-12(2-5-17(18)28-20(22)23)3-7-19(25)24-15-8-9-27-16-6-4-13(21)11-14(15)16/h2-7,10-11,15,20H,8-9H2,1H3,(H,24,25)/b7-3+. The number of nitrogens with one attached hydrogen (secondary N) is 1. The van der Waals surface area contributed by atoms with Crippen molar-refractivity contribution >= 4 is 27.9 Å². The van der Waals surface area contributed by atoms with Crippen molar-refractivity contribution in [2.45, 2.75) is 19.1 Å². The summed E-state index contributed by atoms with van der Waals surface area (Å²) in [6, 6.07) is 9.97. The van der Waals surface area contributed by atoms with Gasteiger partial charge in [-0.3, -0.25) is 4.79 Å². The molecular formula is C20H18BrF2NO4. The van der Waals surface area contributed by atoms with Crippen LogP contribution in [0.4, 0.5) is 8.78 Å². The Morgan fingerprint density at radius 3 is 2.86 bits per heavy atom. The highest BCUT2D eigenvalue weighted by Gasteiger charge is 2.22. The minimum Gasteiger partial charge on any atom is -0.493 e. The first-order chi connectivity index (χ1) is 13.5. The van der Waals surface area contributed by atoms with Crippen LogP contribution in [0.2, 0.25) is 0 Å². The van der Waals surface area contributed by atoms with Crippen LogP contribution in [-0.2, 0) is 4.79 Å². The quantitative estimate of drug-likeness (QED) is 0.643. The Kier molecular flexibility index (Phi) is 6.51. The molecule has 1 atom stereocenters. The third-order valence-electron chi connectivity index (χ3n) is 4.16. The molecule has 0 saturated carbocycles. The largest absolute Gasteiger partial charge is 0.493 e. The lowest BCUT2D eigenvalue weighted by molar-refractivity contribution is -0.117. The van der Waals surface area contributed by atoms with Gasteiger partial charge in [-0.2, -0.15) is 8.78 Å². The number of halogens is 3. The Morgan fingerprint density at radius 1 is 1.29 bits per heavy atom. The van der Waals surface area contributed by atoms with Gasteiger partial charge in [-0.15, -0.1) is 0 Å². The van der Waals surface area contributed by atoms with Gasteiger partial charge in [0.25, 0.3) is 0 Å². The van der Waals surface area contributed by atoms with Crippen LogP contribution in [0.1, 0.15) is 23.6 Å². The Bertz CT molecular complexity index is 889. The Balaban J connectivity index is 1.69. The maximum absolute atomic E-state index is 12.4. The number of amides is 1. The van der Waals surface area contributed by atoms with E-state index in [2.05, 4.69) is 26.0 Å². The maximum atomic E-state index is 12.4.